The molecule has 1 aromatic heterocycles. The molecule has 0 bridgehead atoms. The van der Waals surface area contributed by atoms with Crippen molar-refractivity contribution in [3.05, 3.63) is 82.9 Å². The molecule has 19 heteroatoms. The highest BCUT2D eigenvalue weighted by atomic mass is 32.2. The maximum absolute atomic E-state index is 14.2. The highest BCUT2D eigenvalue weighted by Gasteiger charge is 2.62. The lowest BCUT2D eigenvalue weighted by atomic mass is 9.45. The summed E-state index contributed by atoms with van der Waals surface area (Å²) in [6.45, 7) is 10.9. The fourth-order valence-electron chi connectivity index (χ4n) is 14.1. The molecule has 0 saturated heterocycles. The van der Waals surface area contributed by atoms with E-state index in [9.17, 15) is 49.9 Å². The maximum Gasteiger partial charge on any atom is 0.345 e. The molecule has 4 saturated carbocycles. The summed E-state index contributed by atoms with van der Waals surface area (Å²) < 4.78 is 73.8. The molecule has 77 heavy (non-hydrogen) atoms. The number of rotatable bonds is 23. The van der Waals surface area contributed by atoms with Gasteiger partial charge in [-0.3, -0.25) is 28.3 Å². The van der Waals surface area contributed by atoms with E-state index in [0.29, 0.717) is 172 Å². The number of hydrogen-bond donors (Lipinski definition) is 4. The molecule has 16 nitrogen and oxygen atoms in total. The van der Waals surface area contributed by atoms with Gasteiger partial charge in [-0.25, -0.2) is 4.79 Å². The number of quaternary nitrogens is 1. The number of benzene rings is 3. The lowest BCUT2D eigenvalue weighted by Gasteiger charge is -2.61. The first-order valence-corrected chi connectivity index (χ1v) is 31.8. The largest absolute Gasteiger partial charge is 0.422 e. The predicted molar refractivity (Wildman–Crippen MR) is 298 cm³/mol. The minimum Gasteiger partial charge on any atom is -0.422 e. The number of nitrogens with zero attached hydrogens (tertiary/aromatic N) is 2. The van der Waals surface area contributed by atoms with Gasteiger partial charge >= 0.3 is 5.97 Å². The summed E-state index contributed by atoms with van der Waals surface area (Å²) >= 11 is 1.87. The quantitative estimate of drug-likeness (QED) is 0.0105. The molecule has 4 aliphatic carbocycles. The van der Waals surface area contributed by atoms with Crippen LogP contribution in [0.4, 0.5) is 0 Å². The summed E-state index contributed by atoms with van der Waals surface area (Å²) in [7, 11) is -6.31. The van der Waals surface area contributed by atoms with Crippen molar-refractivity contribution in [1.82, 2.24) is 10.6 Å². The second kappa shape index (κ2) is 23.9. The van der Waals surface area contributed by atoms with Crippen LogP contribution in [0.3, 0.4) is 0 Å². The Labute approximate surface area is 458 Å². The molecule has 6 unspecified atom stereocenters. The van der Waals surface area contributed by atoms with Crippen LogP contribution in [0.25, 0.3) is 21.8 Å². The van der Waals surface area contributed by atoms with Crippen LogP contribution >= 0.6 is 11.8 Å². The van der Waals surface area contributed by atoms with Crippen LogP contribution in [0.5, 0.6) is 5.75 Å². The predicted octanol–water partition coefficient (Wildman–Crippen LogP) is 8.03. The first-order valence-electron chi connectivity index (χ1n) is 27.5. The Morgan fingerprint density at radius 2 is 1.39 bits per heavy atom. The van der Waals surface area contributed by atoms with Crippen LogP contribution < -0.4 is 19.9 Å². The summed E-state index contributed by atoms with van der Waals surface area (Å²) in [5, 5.41) is 7.62. The smallest absolute Gasteiger partial charge is 0.345 e. The first kappa shape index (κ1) is 58.4. The zero-order valence-corrected chi connectivity index (χ0v) is 47.8. The average molecular weight is 1120 g/mol. The van der Waals surface area contributed by atoms with Crippen molar-refractivity contribution >= 4 is 83.2 Å². The van der Waals surface area contributed by atoms with Crippen LogP contribution in [0.1, 0.15) is 129 Å². The van der Waals surface area contributed by atoms with Crippen molar-refractivity contribution < 1.29 is 63.7 Å². The Kier molecular flexibility index (Phi) is 18.1. The summed E-state index contributed by atoms with van der Waals surface area (Å²) in [5.41, 5.74) is 3.10. The van der Waals surface area contributed by atoms with Crippen LogP contribution in [-0.4, -0.2) is 122 Å². The fraction of sp³-hybridized carbons (Fsp3) is 0.586. The number of carbonyl (C=O) groups excluding carboxylic acids is 5. The zero-order chi connectivity index (χ0) is 55.5. The maximum atomic E-state index is 14.2. The van der Waals surface area contributed by atoms with Gasteiger partial charge in [-0.2, -0.15) is 33.2 Å². The number of aromatic nitrogens is 1. The second-order valence-electron chi connectivity index (χ2n) is 23.3. The number of amides is 2. The topological polar surface area (TPSA) is 231 Å². The van der Waals surface area contributed by atoms with Gasteiger partial charge in [0.15, 0.2) is 6.54 Å². The third-order valence-corrected chi connectivity index (χ3v) is 21.1. The monoisotopic (exact) mass is 1120 g/mol. The third kappa shape index (κ3) is 13.5. The summed E-state index contributed by atoms with van der Waals surface area (Å²) in [6.07, 6.45) is 8.72. The van der Waals surface area contributed by atoms with Crippen molar-refractivity contribution in [1.29, 1.82) is 0 Å². The molecule has 4 N–H and O–H groups in total. The van der Waals surface area contributed by atoms with Gasteiger partial charge in [-0.05, 0) is 110 Å². The van der Waals surface area contributed by atoms with Gasteiger partial charge in [0.25, 0.3) is 26.1 Å². The van der Waals surface area contributed by atoms with Crippen LogP contribution in [-0.2, 0) is 41.2 Å². The van der Waals surface area contributed by atoms with Gasteiger partial charge in [0.1, 0.15) is 17.3 Å². The Balaban J connectivity index is 0.834. The van der Waals surface area contributed by atoms with Crippen LogP contribution in [0.2, 0.25) is 0 Å². The number of fused-ring (bicyclic) bond motifs is 7. The van der Waals surface area contributed by atoms with Gasteiger partial charge < -0.3 is 19.9 Å². The zero-order valence-electron chi connectivity index (χ0n) is 45.3. The van der Waals surface area contributed by atoms with Crippen molar-refractivity contribution in [3.8, 4) is 5.75 Å². The molecule has 0 aliphatic heterocycles. The number of Topliss-reactive ketones (excluding diaryl/α,β-unsaturated/α-hetero) is 2. The molecule has 8 rings (SSSR count). The number of esters is 1. The first-order chi connectivity index (χ1) is 36.4. The van der Waals surface area contributed by atoms with E-state index in [4.69, 9.17) is 4.74 Å². The minimum atomic E-state index is -4.17. The minimum absolute atomic E-state index is 0.0335. The van der Waals surface area contributed by atoms with Gasteiger partial charge in [0, 0.05) is 98.6 Å². The Hall–Kier alpha value is -4.79. The molecule has 4 aromatic rings. The molecule has 8 atom stereocenters. The number of ether oxygens (including phenoxy) is 1. The second-order valence-corrected chi connectivity index (χ2v) is 27.8. The molecule has 1 heterocycles. The molecule has 418 valence electrons. The number of carbonyl (C=O) groups is 5. The van der Waals surface area contributed by atoms with Crippen LogP contribution in [0, 0.1) is 48.3 Å². The lowest BCUT2D eigenvalue weighted by molar-refractivity contribution is -0.909. The molecule has 0 radical (unpaired) electrons. The highest BCUT2D eigenvalue weighted by molar-refractivity contribution is 7.99. The van der Waals surface area contributed by atoms with Crippen molar-refractivity contribution in [2.45, 2.75) is 123 Å². The normalized spacial score (nSPS) is 25.2. The number of ketones is 2. The molecule has 2 amide bonds. The van der Waals surface area contributed by atoms with Gasteiger partial charge in [0.2, 0.25) is 16.9 Å². The van der Waals surface area contributed by atoms with E-state index in [-0.39, 0.29) is 47.8 Å². The summed E-state index contributed by atoms with van der Waals surface area (Å²) in [6, 6.07) is 17.9. The standard InChI is InChI=1S/C58H76N4O12S3/c1-38-34-40(35-39(2)54(38)74-56(67)52-43-14-6-8-16-47(43)61(27-12-32-76(68,69)70)48-17-9-7-15-44(48)52)55(66)60-26-11-29-62(5,30-13-33-77(71,72)73)28-10-25-59-51(65)22-31-75-49-37-41-36-42(63)20-23-57(41,3)46-21-24-58(4)45(53(46)49)18-19-50(58)64/h6-9,14-17,34-35,41,45-46,49,53H,10-13,18-33,36-37H2,1-5H3,(H2-2,59,60,65,66,68,69,70,71,72,73)/p+2/t41?,45?,46?,49?,53?,57-,58-,62?/m0/s1. The van der Waals surface area contributed by atoms with E-state index in [2.05, 4.69) is 24.5 Å². The van der Waals surface area contributed by atoms with E-state index in [1.807, 2.05) is 71.9 Å². The number of para-hydroxylation sites is 2. The number of nitrogens with one attached hydrogen (secondary N) is 2. The van der Waals surface area contributed by atoms with E-state index < -0.39 is 32.0 Å². The van der Waals surface area contributed by atoms with E-state index in [0.717, 1.165) is 32.1 Å². The van der Waals surface area contributed by atoms with Gasteiger partial charge in [-0.1, -0.05) is 38.1 Å². The van der Waals surface area contributed by atoms with Gasteiger partial charge in [-0.15, -0.1) is 0 Å². The summed E-state index contributed by atoms with van der Waals surface area (Å²) in [5.74, 6) is 1.63. The van der Waals surface area contributed by atoms with E-state index in [1.54, 1.807) is 26.0 Å². The number of aryl methyl sites for hydroxylation is 3. The SMILES string of the molecule is Cc1cc(C(=O)NCCC[N+](C)(CCCNC(=O)CCSC2CC3CC(=O)CC[C@]3(C)C3CC[C@]4(C)C(=O)CCC4C23)CCCS(=O)(=O)O)cc(C)c1OC(=O)c1c2ccccc2[n+](CCCS(=O)(=O)O)c2ccccc12. The number of thioether (sulfide) groups is 1. The van der Waals surface area contributed by atoms with Crippen molar-refractivity contribution in [3.63, 3.8) is 0 Å². The van der Waals surface area contributed by atoms with E-state index in [1.165, 1.54) is 0 Å². The molecule has 3 aromatic carbocycles. The van der Waals surface area contributed by atoms with Crippen molar-refractivity contribution in [2.75, 3.05) is 57.0 Å². The molecule has 4 aliphatic rings. The average Bonchev–Trinajstić information content (AvgIpc) is 3.79. The molecule has 0 spiro atoms. The summed E-state index contributed by atoms with van der Waals surface area (Å²) in [4.78, 5) is 67.0. The number of hydrogen-bond acceptors (Lipinski definition) is 11. The van der Waals surface area contributed by atoms with Crippen molar-refractivity contribution in [2.24, 2.45) is 34.5 Å². The Morgan fingerprint density at radius 1 is 0.792 bits per heavy atom. The Morgan fingerprint density at radius 3 is 2.03 bits per heavy atom. The lowest BCUT2D eigenvalue weighted by Crippen LogP contribution is -2.57. The fourth-order valence-corrected chi connectivity index (χ4v) is 16.7. The molecular weight excluding hydrogens is 1040 g/mol. The third-order valence-electron chi connectivity index (χ3n) is 18.1. The van der Waals surface area contributed by atoms with Gasteiger partial charge in [0.05, 0.1) is 54.5 Å². The van der Waals surface area contributed by atoms with E-state index >= 15 is 0 Å². The molecular formula is C58H78N4O12S3+2. The van der Waals surface area contributed by atoms with Crippen LogP contribution in [0.15, 0.2) is 60.7 Å². The highest BCUT2D eigenvalue weighted by Crippen LogP contribution is 2.66. The Bertz CT molecular complexity index is 3070. The number of pyridine rings is 1. The molecule has 4 fully saturated rings.